The molecule has 0 saturated heterocycles. The van der Waals surface area contributed by atoms with Crippen LogP contribution in [0, 0.1) is 11.8 Å². The first-order valence-corrected chi connectivity index (χ1v) is 9.51. The van der Waals surface area contributed by atoms with Gasteiger partial charge in [0.15, 0.2) is 0 Å². The van der Waals surface area contributed by atoms with E-state index in [0.717, 1.165) is 42.3 Å². The van der Waals surface area contributed by atoms with Gasteiger partial charge in [0.1, 0.15) is 5.82 Å². The maximum Gasteiger partial charge on any atom is 0.138 e. The Labute approximate surface area is 132 Å². The number of fused-ring (bicyclic) bond motifs is 1. The van der Waals surface area contributed by atoms with Gasteiger partial charge in [0, 0.05) is 17.9 Å². The van der Waals surface area contributed by atoms with Gasteiger partial charge in [-0.3, -0.25) is 0 Å². The maximum absolute atomic E-state index is 4.80. The Balaban J connectivity index is 1.51. The van der Waals surface area contributed by atoms with E-state index < -0.39 is 0 Å². The molecular weight excluding hydrogens is 278 g/mol. The quantitative estimate of drug-likeness (QED) is 0.839. The molecule has 0 aromatic carbocycles. The molecule has 1 unspecified atom stereocenters. The number of aromatic nitrogens is 2. The van der Waals surface area contributed by atoms with Gasteiger partial charge >= 0.3 is 0 Å². The Morgan fingerprint density at radius 3 is 2.95 bits per heavy atom. The first-order valence-electron chi connectivity index (χ1n) is 8.35. The van der Waals surface area contributed by atoms with Crippen LogP contribution >= 0.6 is 11.8 Å². The molecule has 1 aromatic rings. The standard InChI is InChI=1S/C17H27N3S/c1-12(2)10-21-11-17-19-9-14-7-13(3-6-16(14)20-17)8-18-15-4-5-15/h9,12-13,15,18H,3-8,10-11H2,1-2H3. The third kappa shape index (κ3) is 4.68. The fourth-order valence-corrected chi connectivity index (χ4v) is 3.79. The molecule has 3 rings (SSSR count). The summed E-state index contributed by atoms with van der Waals surface area (Å²) in [6.07, 6.45) is 8.43. The van der Waals surface area contributed by atoms with Crippen LogP contribution in [0.2, 0.25) is 0 Å². The molecule has 0 amide bonds. The number of hydrogen-bond donors (Lipinski definition) is 1. The van der Waals surface area contributed by atoms with Gasteiger partial charge in [-0.05, 0) is 61.8 Å². The van der Waals surface area contributed by atoms with Crippen LogP contribution in [0.5, 0.6) is 0 Å². The van der Waals surface area contributed by atoms with Crippen molar-refractivity contribution >= 4 is 11.8 Å². The maximum atomic E-state index is 4.80. The lowest BCUT2D eigenvalue weighted by Crippen LogP contribution is -2.29. The monoisotopic (exact) mass is 305 g/mol. The fourth-order valence-electron chi connectivity index (χ4n) is 2.87. The van der Waals surface area contributed by atoms with E-state index in [1.54, 1.807) is 0 Å². The molecule has 0 aliphatic heterocycles. The number of rotatable bonds is 7. The molecule has 1 aromatic heterocycles. The van der Waals surface area contributed by atoms with Crippen molar-refractivity contribution in [3.63, 3.8) is 0 Å². The summed E-state index contributed by atoms with van der Waals surface area (Å²) in [6.45, 7) is 5.70. The number of nitrogens with zero attached hydrogens (tertiary/aromatic N) is 2. The lowest BCUT2D eigenvalue weighted by atomic mass is 9.87. The summed E-state index contributed by atoms with van der Waals surface area (Å²) in [5.74, 6) is 4.69. The third-order valence-electron chi connectivity index (χ3n) is 4.26. The molecule has 21 heavy (non-hydrogen) atoms. The van der Waals surface area contributed by atoms with Gasteiger partial charge in [-0.2, -0.15) is 11.8 Å². The van der Waals surface area contributed by atoms with E-state index in [1.807, 2.05) is 11.8 Å². The zero-order chi connectivity index (χ0) is 14.7. The first kappa shape index (κ1) is 15.3. The Kier molecular flexibility index (Phi) is 5.17. The summed E-state index contributed by atoms with van der Waals surface area (Å²) in [7, 11) is 0. The van der Waals surface area contributed by atoms with E-state index in [1.165, 1.54) is 42.8 Å². The van der Waals surface area contributed by atoms with Gasteiger partial charge in [-0.25, -0.2) is 9.97 Å². The molecule has 2 aliphatic rings. The van der Waals surface area contributed by atoms with Gasteiger partial charge in [-0.1, -0.05) is 13.8 Å². The van der Waals surface area contributed by atoms with E-state index in [0.29, 0.717) is 0 Å². The van der Waals surface area contributed by atoms with E-state index in [-0.39, 0.29) is 0 Å². The Hall–Kier alpha value is -0.610. The number of thioether (sulfide) groups is 1. The molecule has 3 nitrogen and oxygen atoms in total. The van der Waals surface area contributed by atoms with E-state index >= 15 is 0 Å². The van der Waals surface area contributed by atoms with Gasteiger partial charge in [0.25, 0.3) is 0 Å². The minimum Gasteiger partial charge on any atom is -0.314 e. The largest absolute Gasteiger partial charge is 0.314 e. The van der Waals surface area contributed by atoms with Gasteiger partial charge in [0.2, 0.25) is 0 Å². The van der Waals surface area contributed by atoms with Crippen molar-refractivity contribution < 1.29 is 0 Å². The number of aryl methyl sites for hydroxylation is 1. The van der Waals surface area contributed by atoms with Crippen molar-refractivity contribution in [3.8, 4) is 0 Å². The first-order chi connectivity index (χ1) is 10.2. The lowest BCUT2D eigenvalue weighted by molar-refractivity contribution is 0.418. The van der Waals surface area contributed by atoms with E-state index in [2.05, 4.69) is 30.3 Å². The van der Waals surface area contributed by atoms with Crippen molar-refractivity contribution in [1.82, 2.24) is 15.3 Å². The van der Waals surface area contributed by atoms with Crippen LogP contribution in [0.15, 0.2) is 6.20 Å². The number of hydrogen-bond acceptors (Lipinski definition) is 4. The van der Waals surface area contributed by atoms with Gasteiger partial charge in [0.05, 0.1) is 5.75 Å². The molecule has 116 valence electrons. The van der Waals surface area contributed by atoms with Crippen LogP contribution in [0.1, 0.15) is 50.2 Å². The molecule has 1 N–H and O–H groups in total. The molecule has 0 bridgehead atoms. The topological polar surface area (TPSA) is 37.8 Å². The lowest BCUT2D eigenvalue weighted by Gasteiger charge is -2.24. The molecule has 0 radical (unpaired) electrons. The normalized spacial score (nSPS) is 21.6. The molecule has 1 saturated carbocycles. The zero-order valence-electron chi connectivity index (χ0n) is 13.3. The summed E-state index contributed by atoms with van der Waals surface area (Å²) < 4.78 is 0. The molecule has 1 atom stereocenters. The molecule has 2 aliphatic carbocycles. The molecular formula is C17H27N3S. The number of nitrogens with one attached hydrogen (secondary N) is 1. The zero-order valence-corrected chi connectivity index (χ0v) is 14.1. The highest BCUT2D eigenvalue weighted by Crippen LogP contribution is 2.26. The summed E-state index contributed by atoms with van der Waals surface area (Å²) in [5, 5.41) is 3.66. The smallest absolute Gasteiger partial charge is 0.138 e. The van der Waals surface area contributed by atoms with Crippen molar-refractivity contribution in [2.45, 2.75) is 57.7 Å². The van der Waals surface area contributed by atoms with Crippen LogP contribution in [0.25, 0.3) is 0 Å². The van der Waals surface area contributed by atoms with Crippen LogP contribution in [-0.2, 0) is 18.6 Å². The predicted molar refractivity (Wildman–Crippen MR) is 89.6 cm³/mol. The second-order valence-electron chi connectivity index (χ2n) is 6.96. The summed E-state index contributed by atoms with van der Waals surface area (Å²) in [4.78, 5) is 9.38. The van der Waals surface area contributed by atoms with Crippen molar-refractivity contribution in [2.75, 3.05) is 12.3 Å². The molecule has 1 fully saturated rings. The minimum atomic E-state index is 0.743. The summed E-state index contributed by atoms with van der Waals surface area (Å²) in [5.41, 5.74) is 2.70. The van der Waals surface area contributed by atoms with Crippen LogP contribution in [-0.4, -0.2) is 28.3 Å². The van der Waals surface area contributed by atoms with Crippen molar-refractivity contribution in [1.29, 1.82) is 0 Å². The van der Waals surface area contributed by atoms with E-state index in [4.69, 9.17) is 4.98 Å². The van der Waals surface area contributed by atoms with Crippen molar-refractivity contribution in [2.24, 2.45) is 11.8 Å². The van der Waals surface area contributed by atoms with Crippen LogP contribution in [0.3, 0.4) is 0 Å². The Morgan fingerprint density at radius 2 is 2.19 bits per heavy atom. The Bertz CT molecular complexity index is 471. The predicted octanol–water partition coefficient (Wildman–Crippen LogP) is 3.22. The SMILES string of the molecule is CC(C)CSCc1ncc2c(n1)CCC(CNC1CC1)C2. The second kappa shape index (κ2) is 7.10. The molecule has 4 heteroatoms. The highest BCUT2D eigenvalue weighted by molar-refractivity contribution is 7.98. The average Bonchev–Trinajstić information content (AvgIpc) is 3.29. The molecule has 1 heterocycles. The van der Waals surface area contributed by atoms with Gasteiger partial charge < -0.3 is 5.32 Å². The van der Waals surface area contributed by atoms with Crippen LogP contribution in [0.4, 0.5) is 0 Å². The Morgan fingerprint density at radius 1 is 1.33 bits per heavy atom. The second-order valence-corrected chi connectivity index (χ2v) is 7.99. The minimum absolute atomic E-state index is 0.743. The fraction of sp³-hybridized carbons (Fsp3) is 0.765. The van der Waals surface area contributed by atoms with Crippen LogP contribution < -0.4 is 5.32 Å². The van der Waals surface area contributed by atoms with Gasteiger partial charge in [-0.15, -0.1) is 0 Å². The highest BCUT2D eigenvalue weighted by atomic mass is 32.2. The third-order valence-corrected chi connectivity index (χ3v) is 5.62. The van der Waals surface area contributed by atoms with Crippen molar-refractivity contribution in [3.05, 3.63) is 23.3 Å². The van der Waals surface area contributed by atoms with E-state index in [9.17, 15) is 0 Å². The summed E-state index contributed by atoms with van der Waals surface area (Å²) in [6, 6.07) is 0.822. The highest BCUT2D eigenvalue weighted by Gasteiger charge is 2.24. The molecule has 0 spiro atoms. The summed E-state index contributed by atoms with van der Waals surface area (Å²) >= 11 is 1.95. The average molecular weight is 305 g/mol.